The predicted molar refractivity (Wildman–Crippen MR) is 88.4 cm³/mol. The number of benzene rings is 1. The number of nitrogens with one attached hydrogen (secondary N) is 1. The third-order valence-electron chi connectivity index (χ3n) is 2.43. The van der Waals surface area contributed by atoms with Gasteiger partial charge in [-0.1, -0.05) is 55.5 Å². The summed E-state index contributed by atoms with van der Waals surface area (Å²) in [5.41, 5.74) is 0.0144. The van der Waals surface area contributed by atoms with Crippen LogP contribution in [0.1, 0.15) is 12.8 Å². The van der Waals surface area contributed by atoms with Crippen molar-refractivity contribution in [1.82, 2.24) is 4.37 Å². The van der Waals surface area contributed by atoms with Crippen LogP contribution < -0.4 is 5.56 Å². The Balaban J connectivity index is 0.000000200. The van der Waals surface area contributed by atoms with Gasteiger partial charge in [-0.3, -0.25) is 9.17 Å². The van der Waals surface area contributed by atoms with Gasteiger partial charge in [0.2, 0.25) is 0 Å². The molecule has 0 aliphatic rings. The summed E-state index contributed by atoms with van der Waals surface area (Å²) in [5.74, 6) is 0. The lowest BCUT2D eigenvalue weighted by Crippen LogP contribution is -2.19. The number of hydrogen-bond donors (Lipinski definition) is 1. The Morgan fingerprint density at radius 1 is 1.35 bits per heavy atom. The molecule has 1 unspecified atom stereocenters. The zero-order chi connectivity index (χ0) is 15.0. The molecule has 4 nitrogen and oxygen atoms in total. The van der Waals surface area contributed by atoms with Gasteiger partial charge in [0.05, 0.1) is 22.2 Å². The maximum absolute atomic E-state index is 10.9. The van der Waals surface area contributed by atoms with E-state index < -0.39 is 4.32 Å². The van der Waals surface area contributed by atoms with Crippen molar-refractivity contribution in [3.05, 3.63) is 34.6 Å². The average Bonchev–Trinajstić information content (AvgIpc) is 2.87. The van der Waals surface area contributed by atoms with Crippen molar-refractivity contribution in [2.75, 3.05) is 5.33 Å². The molecule has 0 aliphatic heterocycles. The van der Waals surface area contributed by atoms with Gasteiger partial charge in [-0.2, -0.15) is 10.5 Å². The largest absolute Gasteiger partial charge is 0.277 e. The van der Waals surface area contributed by atoms with Crippen LogP contribution in [0, 0.1) is 22.7 Å². The Hall–Kier alpha value is -1.15. The summed E-state index contributed by atoms with van der Waals surface area (Å²) in [7, 11) is 0. The van der Waals surface area contributed by atoms with Crippen LogP contribution in [-0.2, 0) is 0 Å². The number of aromatic amines is 1. The maximum Gasteiger partial charge on any atom is 0.265 e. The molecule has 2 rings (SSSR count). The Morgan fingerprint density at radius 2 is 2.05 bits per heavy atom. The third-order valence-corrected chi connectivity index (χ3v) is 5.86. The lowest BCUT2D eigenvalue weighted by atomic mass is 10.1. The van der Waals surface area contributed by atoms with Crippen molar-refractivity contribution >= 4 is 53.5 Å². The van der Waals surface area contributed by atoms with E-state index in [2.05, 4.69) is 42.3 Å². The first kappa shape index (κ1) is 16.9. The van der Waals surface area contributed by atoms with E-state index in [-0.39, 0.29) is 5.56 Å². The molecule has 0 saturated heterocycles. The Morgan fingerprint density at radius 3 is 2.60 bits per heavy atom. The number of alkyl halides is 2. The molecule has 1 aromatic heterocycles. The summed E-state index contributed by atoms with van der Waals surface area (Å²) in [6, 6.07) is 11.6. The molecule has 104 valence electrons. The van der Waals surface area contributed by atoms with Gasteiger partial charge in [-0.05, 0) is 18.6 Å². The second-order valence-electron chi connectivity index (χ2n) is 3.90. The lowest BCUT2D eigenvalue weighted by Gasteiger charge is -2.12. The van der Waals surface area contributed by atoms with Crippen molar-refractivity contribution in [1.29, 1.82) is 10.5 Å². The molecule has 1 N–H and O–H groups in total. The molecule has 0 amide bonds. The van der Waals surface area contributed by atoms with Crippen LogP contribution in [0.25, 0.3) is 10.1 Å². The highest BCUT2D eigenvalue weighted by Crippen LogP contribution is 2.25. The molecule has 0 saturated carbocycles. The van der Waals surface area contributed by atoms with Crippen molar-refractivity contribution in [2.45, 2.75) is 17.2 Å². The van der Waals surface area contributed by atoms with E-state index in [1.54, 1.807) is 0 Å². The van der Waals surface area contributed by atoms with Gasteiger partial charge >= 0.3 is 0 Å². The maximum atomic E-state index is 10.9. The Kier molecular flexibility index (Phi) is 6.94. The third kappa shape index (κ3) is 4.75. The van der Waals surface area contributed by atoms with Gasteiger partial charge in [0.15, 0.2) is 0 Å². The zero-order valence-corrected chi connectivity index (χ0v) is 14.4. The van der Waals surface area contributed by atoms with Crippen LogP contribution in [-0.4, -0.2) is 14.0 Å². The van der Waals surface area contributed by atoms with E-state index in [9.17, 15) is 4.79 Å². The zero-order valence-electron chi connectivity index (χ0n) is 10.4. The molecule has 7 heteroatoms. The monoisotopic (exact) mass is 415 g/mol. The number of H-pyrrole nitrogens is 1. The normalized spacial score (nSPS) is 12.6. The van der Waals surface area contributed by atoms with E-state index in [1.807, 2.05) is 30.3 Å². The van der Waals surface area contributed by atoms with Gasteiger partial charge in [0.1, 0.15) is 4.32 Å². The van der Waals surface area contributed by atoms with Gasteiger partial charge < -0.3 is 0 Å². The van der Waals surface area contributed by atoms with E-state index >= 15 is 0 Å². The quantitative estimate of drug-likeness (QED) is 0.769. The van der Waals surface area contributed by atoms with Gasteiger partial charge in [-0.25, -0.2) is 0 Å². The summed E-state index contributed by atoms with van der Waals surface area (Å²) >= 11 is 7.79. The summed E-state index contributed by atoms with van der Waals surface area (Å²) in [4.78, 5) is 10.9. The number of nitrogens with zero attached hydrogens (tertiary/aromatic N) is 2. The molecular formula is C13H11Br2N3OS. The van der Waals surface area contributed by atoms with Crippen molar-refractivity contribution in [3.8, 4) is 12.1 Å². The standard InChI is InChI=1S/C7H5NOS.C6H6Br2N2/c9-7-5-3-1-2-4-6(5)10-8-7;7-4-6(8,5-10)2-1-3-9/h1-4H,(H,8,9);1-2,4H2. The molecule has 0 bridgehead atoms. The lowest BCUT2D eigenvalue weighted by molar-refractivity contribution is 0.752. The topological polar surface area (TPSA) is 80.4 Å². The van der Waals surface area contributed by atoms with Crippen LogP contribution >= 0.6 is 43.4 Å². The molecule has 0 aliphatic carbocycles. The average molecular weight is 417 g/mol. The van der Waals surface area contributed by atoms with Crippen LogP contribution in [0.5, 0.6) is 0 Å². The SMILES string of the molecule is N#CCCC(Br)(C#N)CBr.O=c1[nH]sc2ccccc12. The Labute approximate surface area is 137 Å². The Bertz CT molecular complexity index is 698. The highest BCUT2D eigenvalue weighted by Gasteiger charge is 2.23. The fourth-order valence-corrected chi connectivity index (χ4v) is 2.64. The molecule has 1 heterocycles. The second kappa shape index (κ2) is 8.21. The number of hydrogen-bond acceptors (Lipinski definition) is 4. The van der Waals surface area contributed by atoms with Crippen LogP contribution in [0.2, 0.25) is 0 Å². The molecule has 0 radical (unpaired) electrons. The molecule has 20 heavy (non-hydrogen) atoms. The highest BCUT2D eigenvalue weighted by molar-refractivity contribution is 9.12. The first-order valence-electron chi connectivity index (χ1n) is 5.65. The smallest absolute Gasteiger partial charge is 0.265 e. The number of rotatable bonds is 3. The molecule has 1 aromatic carbocycles. The minimum absolute atomic E-state index is 0.0144. The van der Waals surface area contributed by atoms with E-state index in [1.165, 1.54) is 11.5 Å². The number of aromatic nitrogens is 1. The summed E-state index contributed by atoms with van der Waals surface area (Å²) < 4.78 is 3.13. The first-order valence-corrected chi connectivity index (χ1v) is 8.38. The predicted octanol–water partition coefficient (Wildman–Crippen LogP) is 3.93. The van der Waals surface area contributed by atoms with Crippen molar-refractivity contribution < 1.29 is 0 Å². The number of nitriles is 2. The fourth-order valence-electron chi connectivity index (χ4n) is 1.31. The molecule has 0 fully saturated rings. The molecule has 1 atom stereocenters. The van der Waals surface area contributed by atoms with Crippen molar-refractivity contribution in [3.63, 3.8) is 0 Å². The van der Waals surface area contributed by atoms with Gasteiger partial charge in [0.25, 0.3) is 5.56 Å². The number of halogens is 2. The minimum atomic E-state index is -0.553. The fraction of sp³-hybridized carbons (Fsp3) is 0.308. The van der Waals surface area contributed by atoms with Gasteiger partial charge in [0, 0.05) is 11.8 Å². The van der Waals surface area contributed by atoms with Crippen LogP contribution in [0.15, 0.2) is 29.1 Å². The number of fused-ring (bicyclic) bond motifs is 1. The highest BCUT2D eigenvalue weighted by atomic mass is 79.9. The summed E-state index contributed by atoms with van der Waals surface area (Å²) in [5, 5.41) is 18.1. The summed E-state index contributed by atoms with van der Waals surface area (Å²) in [6.45, 7) is 0. The first-order chi connectivity index (χ1) is 9.56. The van der Waals surface area contributed by atoms with E-state index in [4.69, 9.17) is 10.5 Å². The van der Waals surface area contributed by atoms with Gasteiger partial charge in [-0.15, -0.1) is 0 Å². The molecular weight excluding hydrogens is 406 g/mol. The second-order valence-corrected chi connectivity index (χ2v) is 6.83. The minimum Gasteiger partial charge on any atom is -0.277 e. The van der Waals surface area contributed by atoms with E-state index in [0.717, 1.165) is 10.1 Å². The molecule has 0 spiro atoms. The van der Waals surface area contributed by atoms with Crippen LogP contribution in [0.3, 0.4) is 0 Å². The molecule has 2 aromatic rings. The summed E-state index contributed by atoms with van der Waals surface area (Å²) in [6.07, 6.45) is 0.968. The van der Waals surface area contributed by atoms with E-state index in [0.29, 0.717) is 18.2 Å². The van der Waals surface area contributed by atoms with Crippen molar-refractivity contribution in [2.24, 2.45) is 0 Å². The van der Waals surface area contributed by atoms with Crippen LogP contribution in [0.4, 0.5) is 0 Å².